The summed E-state index contributed by atoms with van der Waals surface area (Å²) in [6.45, 7) is 15.1. The Kier molecular flexibility index (Phi) is 4.74. The van der Waals surface area contributed by atoms with Gasteiger partial charge in [0.15, 0.2) is 0 Å². The van der Waals surface area contributed by atoms with Crippen LogP contribution in [-0.2, 0) is 0 Å². The molecular weight excluding hydrogens is 236 g/mol. The van der Waals surface area contributed by atoms with Gasteiger partial charge in [0.05, 0.1) is 0 Å². The monoisotopic (exact) mass is 266 g/mol. The summed E-state index contributed by atoms with van der Waals surface area (Å²) in [5, 5.41) is 3.44. The summed E-state index contributed by atoms with van der Waals surface area (Å²) >= 11 is 0. The Balaban J connectivity index is 1.40. The summed E-state index contributed by atoms with van der Waals surface area (Å²) in [6, 6.07) is 0.875. The van der Waals surface area contributed by atoms with Gasteiger partial charge in [-0.3, -0.25) is 4.90 Å². The Morgan fingerprint density at radius 2 is 1.79 bits per heavy atom. The van der Waals surface area contributed by atoms with Crippen LogP contribution in [-0.4, -0.2) is 86.2 Å². The highest BCUT2D eigenvalue weighted by Crippen LogP contribution is 2.22. The van der Waals surface area contributed by atoms with Gasteiger partial charge in [-0.25, -0.2) is 0 Å². The van der Waals surface area contributed by atoms with E-state index in [9.17, 15) is 0 Å². The molecule has 3 heterocycles. The average molecular weight is 266 g/mol. The molecule has 0 radical (unpaired) electrons. The molecule has 3 aliphatic rings. The number of fused-ring (bicyclic) bond motifs is 1. The Morgan fingerprint density at radius 1 is 1.00 bits per heavy atom. The lowest BCUT2D eigenvalue weighted by atomic mass is 10.1. The van der Waals surface area contributed by atoms with Crippen molar-refractivity contribution in [1.82, 2.24) is 20.0 Å². The molecule has 0 spiro atoms. The van der Waals surface area contributed by atoms with Gasteiger partial charge < -0.3 is 15.1 Å². The van der Waals surface area contributed by atoms with Crippen LogP contribution in [0.4, 0.5) is 0 Å². The molecular formula is C15H30N4. The van der Waals surface area contributed by atoms with Crippen molar-refractivity contribution < 1.29 is 0 Å². The fourth-order valence-corrected chi connectivity index (χ4v) is 4.05. The summed E-state index contributed by atoms with van der Waals surface area (Å²) in [6.07, 6.45) is 2.86. The molecule has 4 heteroatoms. The molecule has 3 saturated heterocycles. The topological polar surface area (TPSA) is 21.8 Å². The number of rotatable bonds is 4. The van der Waals surface area contributed by atoms with E-state index in [4.69, 9.17) is 0 Å². The predicted octanol–water partition coefficient (Wildman–Crippen LogP) is 0.308. The minimum Gasteiger partial charge on any atom is -0.314 e. The van der Waals surface area contributed by atoms with Crippen molar-refractivity contribution in [2.24, 2.45) is 5.92 Å². The Bertz CT molecular complexity index is 277. The maximum Gasteiger partial charge on any atom is 0.0224 e. The number of hydrogen-bond acceptors (Lipinski definition) is 4. The lowest BCUT2D eigenvalue weighted by molar-refractivity contribution is 0.0853. The third kappa shape index (κ3) is 3.69. The number of nitrogens with zero attached hydrogens (tertiary/aromatic N) is 3. The highest BCUT2D eigenvalue weighted by Gasteiger charge is 2.30. The van der Waals surface area contributed by atoms with Gasteiger partial charge in [-0.1, -0.05) is 6.92 Å². The zero-order chi connectivity index (χ0) is 13.1. The molecule has 0 bridgehead atoms. The second-order valence-electron chi connectivity index (χ2n) is 6.75. The zero-order valence-corrected chi connectivity index (χ0v) is 12.5. The van der Waals surface area contributed by atoms with E-state index in [1.54, 1.807) is 0 Å². The smallest absolute Gasteiger partial charge is 0.0224 e. The van der Waals surface area contributed by atoms with E-state index in [-0.39, 0.29) is 0 Å². The molecule has 0 aromatic carbocycles. The molecule has 0 aromatic rings. The van der Waals surface area contributed by atoms with Crippen LogP contribution >= 0.6 is 0 Å². The van der Waals surface area contributed by atoms with Gasteiger partial charge in [0.25, 0.3) is 0 Å². The third-order valence-electron chi connectivity index (χ3n) is 5.02. The molecule has 3 aliphatic heterocycles. The zero-order valence-electron chi connectivity index (χ0n) is 12.5. The van der Waals surface area contributed by atoms with E-state index in [1.807, 2.05) is 0 Å². The van der Waals surface area contributed by atoms with E-state index < -0.39 is 0 Å². The lowest BCUT2D eigenvalue weighted by Gasteiger charge is -2.39. The Labute approximate surface area is 118 Å². The van der Waals surface area contributed by atoms with Crippen LogP contribution in [0.15, 0.2) is 0 Å². The van der Waals surface area contributed by atoms with Gasteiger partial charge >= 0.3 is 0 Å². The van der Waals surface area contributed by atoms with Crippen molar-refractivity contribution in [3.05, 3.63) is 0 Å². The second kappa shape index (κ2) is 6.53. The van der Waals surface area contributed by atoms with E-state index in [0.717, 1.165) is 12.0 Å². The van der Waals surface area contributed by atoms with E-state index in [1.165, 1.54) is 78.3 Å². The molecule has 2 unspecified atom stereocenters. The fourth-order valence-electron chi connectivity index (χ4n) is 4.05. The van der Waals surface area contributed by atoms with Gasteiger partial charge in [0.2, 0.25) is 0 Å². The Hall–Kier alpha value is -0.160. The first-order valence-corrected chi connectivity index (χ1v) is 8.21. The first-order valence-electron chi connectivity index (χ1n) is 8.21. The average Bonchev–Trinajstić information content (AvgIpc) is 2.87. The molecule has 2 atom stereocenters. The molecule has 1 N–H and O–H groups in total. The molecule has 0 saturated carbocycles. The maximum absolute atomic E-state index is 3.44. The van der Waals surface area contributed by atoms with Crippen LogP contribution in [0, 0.1) is 5.92 Å². The number of hydrogen-bond donors (Lipinski definition) is 1. The lowest BCUT2D eigenvalue weighted by Crippen LogP contribution is -2.52. The van der Waals surface area contributed by atoms with Crippen molar-refractivity contribution in [2.75, 3.05) is 65.4 Å². The van der Waals surface area contributed by atoms with Crippen LogP contribution < -0.4 is 5.32 Å². The van der Waals surface area contributed by atoms with Gasteiger partial charge in [-0.05, 0) is 25.3 Å². The molecule has 0 aliphatic carbocycles. The number of nitrogens with one attached hydrogen (secondary N) is 1. The van der Waals surface area contributed by atoms with Crippen LogP contribution in [0.25, 0.3) is 0 Å². The molecule has 3 rings (SSSR count). The van der Waals surface area contributed by atoms with Crippen LogP contribution in [0.1, 0.15) is 19.8 Å². The van der Waals surface area contributed by atoms with Gasteiger partial charge in [0, 0.05) is 64.9 Å². The van der Waals surface area contributed by atoms with E-state index >= 15 is 0 Å². The molecule has 3 fully saturated rings. The second-order valence-corrected chi connectivity index (χ2v) is 6.75. The highest BCUT2D eigenvalue weighted by molar-refractivity contribution is 4.87. The van der Waals surface area contributed by atoms with Crippen LogP contribution in [0.3, 0.4) is 0 Å². The van der Waals surface area contributed by atoms with Crippen LogP contribution in [0.5, 0.6) is 0 Å². The standard InChI is InChI=1S/C15H30N4/c1-14(11-17-7-4-16-5-8-17)12-18-9-10-19-6-2-3-15(19)13-18/h14-16H,2-13H2,1H3. The summed E-state index contributed by atoms with van der Waals surface area (Å²) in [5.74, 6) is 0.811. The van der Waals surface area contributed by atoms with Crippen molar-refractivity contribution in [3.63, 3.8) is 0 Å². The van der Waals surface area contributed by atoms with Gasteiger partial charge in [-0.15, -0.1) is 0 Å². The first kappa shape index (κ1) is 13.8. The third-order valence-corrected chi connectivity index (χ3v) is 5.02. The van der Waals surface area contributed by atoms with Crippen molar-refractivity contribution in [3.8, 4) is 0 Å². The minimum atomic E-state index is 0.811. The minimum absolute atomic E-state index is 0.811. The summed E-state index contributed by atoms with van der Waals surface area (Å²) in [4.78, 5) is 8.06. The van der Waals surface area contributed by atoms with E-state index in [0.29, 0.717) is 0 Å². The summed E-state index contributed by atoms with van der Waals surface area (Å²) in [5.41, 5.74) is 0. The van der Waals surface area contributed by atoms with E-state index in [2.05, 4.69) is 26.9 Å². The molecule has 0 amide bonds. The number of piperazine rings is 2. The van der Waals surface area contributed by atoms with Gasteiger partial charge in [-0.2, -0.15) is 0 Å². The highest BCUT2D eigenvalue weighted by atomic mass is 15.3. The fraction of sp³-hybridized carbons (Fsp3) is 1.00. The summed E-state index contributed by atoms with van der Waals surface area (Å²) in [7, 11) is 0. The quantitative estimate of drug-likeness (QED) is 0.790. The van der Waals surface area contributed by atoms with Gasteiger partial charge in [0.1, 0.15) is 0 Å². The summed E-state index contributed by atoms with van der Waals surface area (Å²) < 4.78 is 0. The van der Waals surface area contributed by atoms with Crippen molar-refractivity contribution in [1.29, 1.82) is 0 Å². The largest absolute Gasteiger partial charge is 0.314 e. The predicted molar refractivity (Wildman–Crippen MR) is 79.5 cm³/mol. The molecule has 110 valence electrons. The molecule has 19 heavy (non-hydrogen) atoms. The molecule has 0 aromatic heterocycles. The normalized spacial score (nSPS) is 32.4. The van der Waals surface area contributed by atoms with Crippen LogP contribution in [0.2, 0.25) is 0 Å². The Morgan fingerprint density at radius 3 is 2.63 bits per heavy atom. The molecule has 4 nitrogen and oxygen atoms in total. The van der Waals surface area contributed by atoms with Crippen molar-refractivity contribution >= 4 is 0 Å². The van der Waals surface area contributed by atoms with Crippen molar-refractivity contribution in [2.45, 2.75) is 25.8 Å². The SMILES string of the molecule is CC(CN1CCNCC1)CN1CCN2CCCC2C1. The first-order chi connectivity index (χ1) is 9.31. The maximum atomic E-state index is 3.44.